The van der Waals surface area contributed by atoms with Crippen molar-refractivity contribution >= 4 is 41.5 Å². The Morgan fingerprint density at radius 2 is 1.76 bits per heavy atom. The normalized spacial score (nSPS) is 10.9. The van der Waals surface area contributed by atoms with E-state index >= 15 is 0 Å². The fraction of sp³-hybridized carbons (Fsp3) is 0.316. The van der Waals surface area contributed by atoms with Crippen molar-refractivity contribution in [2.75, 3.05) is 20.7 Å². The summed E-state index contributed by atoms with van der Waals surface area (Å²) < 4.78 is 5.17. The van der Waals surface area contributed by atoms with E-state index in [4.69, 9.17) is 16.3 Å². The number of guanidine groups is 1. The molecule has 2 aromatic carbocycles. The van der Waals surface area contributed by atoms with Crippen molar-refractivity contribution in [3.63, 3.8) is 0 Å². The van der Waals surface area contributed by atoms with Gasteiger partial charge in [-0.3, -0.25) is 4.99 Å². The smallest absolute Gasteiger partial charge is 0.191 e. The van der Waals surface area contributed by atoms with Crippen LogP contribution in [0, 0.1) is 0 Å². The Morgan fingerprint density at radius 3 is 2.44 bits per heavy atom. The maximum atomic E-state index is 5.90. The van der Waals surface area contributed by atoms with Gasteiger partial charge in [-0.25, -0.2) is 0 Å². The highest BCUT2D eigenvalue weighted by atomic mass is 127. The topological polar surface area (TPSA) is 45.7 Å². The van der Waals surface area contributed by atoms with E-state index in [-0.39, 0.29) is 24.0 Å². The molecule has 0 fully saturated rings. The zero-order valence-electron chi connectivity index (χ0n) is 14.6. The Kier molecular flexibility index (Phi) is 10.5. The maximum absolute atomic E-state index is 5.90. The van der Waals surface area contributed by atoms with Crippen LogP contribution in [-0.4, -0.2) is 26.7 Å². The van der Waals surface area contributed by atoms with Gasteiger partial charge >= 0.3 is 0 Å². The molecule has 0 heterocycles. The van der Waals surface area contributed by atoms with Crippen LogP contribution in [0.2, 0.25) is 5.02 Å². The van der Waals surface area contributed by atoms with E-state index < -0.39 is 0 Å². The van der Waals surface area contributed by atoms with Gasteiger partial charge in [0.1, 0.15) is 0 Å². The molecule has 0 spiro atoms. The fourth-order valence-corrected chi connectivity index (χ4v) is 2.50. The van der Waals surface area contributed by atoms with Crippen LogP contribution in [-0.2, 0) is 24.3 Å². The van der Waals surface area contributed by atoms with Gasteiger partial charge in [-0.2, -0.15) is 0 Å². The number of methoxy groups -OCH3 is 1. The summed E-state index contributed by atoms with van der Waals surface area (Å²) in [6.45, 7) is 2.16. The zero-order chi connectivity index (χ0) is 17.2. The Labute approximate surface area is 172 Å². The molecule has 0 saturated carbocycles. The van der Waals surface area contributed by atoms with Gasteiger partial charge in [0.15, 0.2) is 5.96 Å². The van der Waals surface area contributed by atoms with Gasteiger partial charge in [0, 0.05) is 32.3 Å². The third-order valence-corrected chi connectivity index (χ3v) is 3.86. The number of nitrogens with one attached hydrogen (secondary N) is 2. The number of benzene rings is 2. The molecule has 0 radical (unpaired) electrons. The summed E-state index contributed by atoms with van der Waals surface area (Å²) in [7, 11) is 3.48. The summed E-state index contributed by atoms with van der Waals surface area (Å²) in [5.41, 5.74) is 3.61. The van der Waals surface area contributed by atoms with E-state index in [0.29, 0.717) is 6.61 Å². The molecule has 0 aliphatic rings. The fourth-order valence-electron chi connectivity index (χ4n) is 2.38. The van der Waals surface area contributed by atoms with Gasteiger partial charge in [-0.15, -0.1) is 24.0 Å². The molecule has 25 heavy (non-hydrogen) atoms. The van der Waals surface area contributed by atoms with Crippen LogP contribution in [0.4, 0.5) is 0 Å². The molecule has 0 aromatic heterocycles. The lowest BCUT2D eigenvalue weighted by molar-refractivity contribution is 0.185. The van der Waals surface area contributed by atoms with Crippen molar-refractivity contribution in [3.05, 3.63) is 70.2 Å². The predicted molar refractivity (Wildman–Crippen MR) is 116 cm³/mol. The van der Waals surface area contributed by atoms with Crippen molar-refractivity contribution < 1.29 is 4.74 Å². The lowest BCUT2D eigenvalue weighted by atomic mass is 10.1. The second-order valence-electron chi connectivity index (χ2n) is 5.48. The summed E-state index contributed by atoms with van der Waals surface area (Å²) in [5, 5.41) is 7.41. The average Bonchev–Trinajstić information content (AvgIpc) is 2.60. The van der Waals surface area contributed by atoms with E-state index in [9.17, 15) is 0 Å². The summed E-state index contributed by atoms with van der Waals surface area (Å²) in [5.74, 6) is 0.793. The van der Waals surface area contributed by atoms with Crippen LogP contribution in [0.1, 0.15) is 16.7 Å². The van der Waals surface area contributed by atoms with E-state index in [1.54, 1.807) is 14.2 Å². The van der Waals surface area contributed by atoms with E-state index in [2.05, 4.69) is 33.8 Å². The van der Waals surface area contributed by atoms with Gasteiger partial charge < -0.3 is 15.4 Å². The lowest BCUT2D eigenvalue weighted by Crippen LogP contribution is -2.37. The minimum absolute atomic E-state index is 0. The summed E-state index contributed by atoms with van der Waals surface area (Å²) in [6.07, 6.45) is 0.918. The molecule has 0 aliphatic heterocycles. The minimum atomic E-state index is 0. The molecular formula is C19H25ClIN3O. The Morgan fingerprint density at radius 1 is 1.04 bits per heavy atom. The lowest BCUT2D eigenvalue weighted by Gasteiger charge is -2.12. The van der Waals surface area contributed by atoms with Crippen molar-refractivity contribution in [3.8, 4) is 0 Å². The summed E-state index contributed by atoms with van der Waals surface area (Å²) >= 11 is 5.90. The monoisotopic (exact) mass is 473 g/mol. The van der Waals surface area contributed by atoms with Crippen LogP contribution < -0.4 is 10.6 Å². The molecule has 0 atom stereocenters. The van der Waals surface area contributed by atoms with Crippen molar-refractivity contribution in [2.24, 2.45) is 4.99 Å². The van der Waals surface area contributed by atoms with E-state index in [1.807, 2.05) is 30.3 Å². The quantitative estimate of drug-likeness (QED) is 0.363. The number of halogens is 2. The van der Waals surface area contributed by atoms with Crippen LogP contribution in [0.5, 0.6) is 0 Å². The molecule has 2 rings (SSSR count). The molecule has 0 aliphatic carbocycles. The molecule has 4 nitrogen and oxygen atoms in total. The van der Waals surface area contributed by atoms with Gasteiger partial charge in [-0.1, -0.05) is 48.0 Å². The summed E-state index contributed by atoms with van der Waals surface area (Å²) in [4.78, 5) is 4.26. The van der Waals surface area contributed by atoms with Gasteiger partial charge in [-0.05, 0) is 35.2 Å². The number of rotatable bonds is 7. The predicted octanol–water partition coefficient (Wildman–Crippen LogP) is 4.01. The Bertz CT molecular complexity index is 662. The first-order chi connectivity index (χ1) is 11.7. The van der Waals surface area contributed by atoms with E-state index in [0.717, 1.165) is 30.5 Å². The third-order valence-electron chi connectivity index (χ3n) is 3.61. The number of ether oxygens (including phenoxy) is 1. The number of nitrogens with zero attached hydrogens (tertiary/aromatic N) is 1. The molecular weight excluding hydrogens is 449 g/mol. The highest BCUT2D eigenvalue weighted by molar-refractivity contribution is 14.0. The second-order valence-corrected chi connectivity index (χ2v) is 5.92. The molecule has 0 saturated heterocycles. The molecule has 0 amide bonds. The Hall–Kier alpha value is -1.31. The first kappa shape index (κ1) is 21.7. The molecule has 0 unspecified atom stereocenters. The van der Waals surface area contributed by atoms with Crippen LogP contribution in [0.15, 0.2) is 53.5 Å². The number of aliphatic imine (C=N–C) groups is 1. The largest absolute Gasteiger partial charge is 0.380 e. The minimum Gasteiger partial charge on any atom is -0.380 e. The van der Waals surface area contributed by atoms with Gasteiger partial charge in [0.2, 0.25) is 0 Å². The maximum Gasteiger partial charge on any atom is 0.191 e. The molecule has 2 aromatic rings. The first-order valence-electron chi connectivity index (χ1n) is 7.97. The van der Waals surface area contributed by atoms with E-state index in [1.165, 1.54) is 16.7 Å². The van der Waals surface area contributed by atoms with Crippen molar-refractivity contribution in [1.29, 1.82) is 0 Å². The van der Waals surface area contributed by atoms with Crippen molar-refractivity contribution in [1.82, 2.24) is 10.6 Å². The molecule has 2 N–H and O–H groups in total. The molecule has 6 heteroatoms. The number of hydrogen-bond donors (Lipinski definition) is 2. The second kappa shape index (κ2) is 12.1. The summed E-state index contributed by atoms with van der Waals surface area (Å²) in [6, 6.07) is 16.2. The van der Waals surface area contributed by atoms with Crippen LogP contribution in [0.3, 0.4) is 0 Å². The Balaban J connectivity index is 0.00000312. The average molecular weight is 474 g/mol. The van der Waals surface area contributed by atoms with Crippen molar-refractivity contribution in [2.45, 2.75) is 19.6 Å². The third kappa shape index (κ3) is 8.07. The van der Waals surface area contributed by atoms with Crippen LogP contribution in [0.25, 0.3) is 0 Å². The number of hydrogen-bond acceptors (Lipinski definition) is 2. The highest BCUT2D eigenvalue weighted by Gasteiger charge is 2.00. The molecule has 136 valence electrons. The first-order valence-corrected chi connectivity index (χ1v) is 8.35. The van der Waals surface area contributed by atoms with Gasteiger partial charge in [0.25, 0.3) is 0 Å². The molecule has 0 bridgehead atoms. The standard InChI is InChI=1S/C19H24ClN3O.HI/c1-21-19(22-11-10-15-6-8-18(20)9-7-15)23-13-16-4-3-5-17(12-16)14-24-2;/h3-9,12H,10-11,13-14H2,1-2H3,(H2,21,22,23);1H. The zero-order valence-corrected chi connectivity index (χ0v) is 17.7. The van der Waals surface area contributed by atoms with Gasteiger partial charge in [0.05, 0.1) is 6.61 Å². The highest BCUT2D eigenvalue weighted by Crippen LogP contribution is 2.09. The van der Waals surface area contributed by atoms with Crippen LogP contribution >= 0.6 is 35.6 Å². The SMILES string of the molecule is CN=C(NCCc1ccc(Cl)cc1)NCc1cccc(COC)c1.I.